The quantitative estimate of drug-likeness (QED) is 0.413. The number of aliphatic imine (C=N–C) groups is 1. The molecule has 1 heterocycles. The first kappa shape index (κ1) is 21.0. The number of methoxy groups -OCH3 is 1. The van der Waals surface area contributed by atoms with Gasteiger partial charge >= 0.3 is 0 Å². The van der Waals surface area contributed by atoms with E-state index in [1.807, 2.05) is 19.2 Å². The third-order valence-electron chi connectivity index (χ3n) is 4.77. The summed E-state index contributed by atoms with van der Waals surface area (Å²) >= 11 is 0. The lowest BCUT2D eigenvalue weighted by Crippen LogP contribution is -2.44. The Kier molecular flexibility index (Phi) is 9.39. The molecular weight excluding hydrogens is 415 g/mol. The number of pyridine rings is 1. The molecule has 0 bridgehead atoms. The molecule has 1 aromatic heterocycles. The van der Waals surface area contributed by atoms with Crippen LogP contribution in [-0.2, 0) is 6.54 Å². The molecular formula is C18H31IN4O. The molecule has 6 heteroatoms. The molecule has 0 saturated heterocycles. The maximum atomic E-state index is 5.28. The van der Waals surface area contributed by atoms with Crippen molar-refractivity contribution in [2.24, 2.45) is 16.8 Å². The van der Waals surface area contributed by atoms with E-state index < -0.39 is 0 Å². The van der Waals surface area contributed by atoms with Crippen molar-refractivity contribution in [2.75, 3.05) is 14.2 Å². The molecule has 0 radical (unpaired) electrons. The largest absolute Gasteiger partial charge is 0.481 e. The zero-order valence-corrected chi connectivity index (χ0v) is 17.5. The highest BCUT2D eigenvalue weighted by atomic mass is 127. The number of nitrogens with one attached hydrogen (secondary N) is 2. The van der Waals surface area contributed by atoms with Gasteiger partial charge in [-0.15, -0.1) is 24.0 Å². The molecule has 1 aromatic rings. The fraction of sp³-hybridized carbons (Fsp3) is 0.667. The summed E-state index contributed by atoms with van der Waals surface area (Å²) in [6.07, 6.45) is 6.80. The Balaban J connectivity index is 0.00000288. The highest BCUT2D eigenvalue weighted by Gasteiger charge is 2.23. The Labute approximate surface area is 163 Å². The number of ether oxygens (including phenoxy) is 1. The van der Waals surface area contributed by atoms with Crippen LogP contribution in [0.2, 0.25) is 0 Å². The van der Waals surface area contributed by atoms with Gasteiger partial charge in [0.25, 0.3) is 0 Å². The highest BCUT2D eigenvalue weighted by Crippen LogP contribution is 2.29. The summed E-state index contributed by atoms with van der Waals surface area (Å²) in [5, 5.41) is 6.91. The fourth-order valence-electron chi connectivity index (χ4n) is 3.24. The Bertz CT molecular complexity index is 513. The maximum Gasteiger partial charge on any atom is 0.218 e. The van der Waals surface area contributed by atoms with E-state index in [4.69, 9.17) is 4.74 Å². The number of hydrogen-bond acceptors (Lipinski definition) is 3. The number of aromatic nitrogens is 1. The van der Waals surface area contributed by atoms with Crippen molar-refractivity contribution >= 4 is 29.9 Å². The summed E-state index contributed by atoms with van der Waals surface area (Å²) < 4.78 is 5.28. The summed E-state index contributed by atoms with van der Waals surface area (Å²) in [7, 11) is 3.46. The average molecular weight is 446 g/mol. The van der Waals surface area contributed by atoms with Crippen LogP contribution in [0.15, 0.2) is 23.3 Å². The summed E-state index contributed by atoms with van der Waals surface area (Å²) in [5.74, 6) is 3.19. The van der Waals surface area contributed by atoms with Crippen LogP contribution in [0.25, 0.3) is 0 Å². The summed E-state index contributed by atoms with van der Waals surface area (Å²) in [6.45, 7) is 5.32. The van der Waals surface area contributed by atoms with E-state index in [2.05, 4.69) is 34.5 Å². The lowest BCUT2D eigenvalue weighted by Gasteiger charge is -2.32. The third-order valence-corrected chi connectivity index (χ3v) is 4.77. The normalized spacial score (nSPS) is 21.1. The van der Waals surface area contributed by atoms with Gasteiger partial charge in [-0.05, 0) is 43.6 Å². The molecule has 1 aliphatic carbocycles. The molecule has 24 heavy (non-hydrogen) atoms. The number of nitrogens with zero attached hydrogens (tertiary/aromatic N) is 2. The number of rotatable bonds is 5. The average Bonchev–Trinajstić information content (AvgIpc) is 2.59. The molecule has 1 fully saturated rings. The van der Waals surface area contributed by atoms with Gasteiger partial charge in [0, 0.05) is 31.4 Å². The van der Waals surface area contributed by atoms with E-state index in [1.165, 1.54) is 25.7 Å². The van der Waals surface area contributed by atoms with Crippen molar-refractivity contribution in [3.63, 3.8) is 0 Å². The van der Waals surface area contributed by atoms with Crippen LogP contribution in [-0.4, -0.2) is 31.1 Å². The van der Waals surface area contributed by atoms with Crippen molar-refractivity contribution in [1.29, 1.82) is 0 Å². The first-order valence-corrected chi connectivity index (χ1v) is 8.59. The number of hydrogen-bond donors (Lipinski definition) is 2. The molecule has 0 spiro atoms. The van der Waals surface area contributed by atoms with E-state index in [1.54, 1.807) is 13.3 Å². The zero-order chi connectivity index (χ0) is 16.7. The maximum absolute atomic E-state index is 5.28. The van der Waals surface area contributed by atoms with Gasteiger partial charge in [-0.3, -0.25) is 4.99 Å². The molecule has 0 amide bonds. The van der Waals surface area contributed by atoms with Crippen LogP contribution in [0.3, 0.4) is 0 Å². The molecule has 0 unspecified atom stereocenters. The van der Waals surface area contributed by atoms with E-state index in [0.717, 1.165) is 23.4 Å². The molecule has 0 aliphatic heterocycles. The van der Waals surface area contributed by atoms with Crippen molar-refractivity contribution in [1.82, 2.24) is 15.6 Å². The van der Waals surface area contributed by atoms with Crippen LogP contribution < -0.4 is 15.4 Å². The van der Waals surface area contributed by atoms with Crippen LogP contribution in [0.1, 0.15) is 45.1 Å². The van der Waals surface area contributed by atoms with E-state index in [9.17, 15) is 0 Å². The van der Waals surface area contributed by atoms with Gasteiger partial charge in [0.15, 0.2) is 5.96 Å². The molecule has 2 rings (SSSR count). The van der Waals surface area contributed by atoms with E-state index in [-0.39, 0.29) is 24.0 Å². The van der Waals surface area contributed by atoms with Crippen molar-refractivity contribution < 1.29 is 4.74 Å². The summed E-state index contributed by atoms with van der Waals surface area (Å²) in [4.78, 5) is 8.56. The second-order valence-electron chi connectivity index (χ2n) is 6.60. The predicted molar refractivity (Wildman–Crippen MR) is 110 cm³/mol. The number of guanidine groups is 1. The van der Waals surface area contributed by atoms with Gasteiger partial charge in [0.05, 0.1) is 7.11 Å². The summed E-state index contributed by atoms with van der Waals surface area (Å²) in [5.41, 5.74) is 1.03. The van der Waals surface area contributed by atoms with Gasteiger partial charge in [-0.1, -0.05) is 19.9 Å². The highest BCUT2D eigenvalue weighted by molar-refractivity contribution is 14.0. The lowest BCUT2D eigenvalue weighted by molar-refractivity contribution is 0.250. The third kappa shape index (κ3) is 6.11. The lowest BCUT2D eigenvalue weighted by atomic mass is 9.80. The van der Waals surface area contributed by atoms with E-state index >= 15 is 0 Å². The second kappa shape index (κ2) is 10.7. The zero-order valence-electron chi connectivity index (χ0n) is 15.2. The van der Waals surface area contributed by atoms with Gasteiger partial charge in [-0.2, -0.15) is 0 Å². The Morgan fingerprint density at radius 3 is 2.62 bits per heavy atom. The topological polar surface area (TPSA) is 58.5 Å². The molecule has 5 nitrogen and oxygen atoms in total. The monoisotopic (exact) mass is 446 g/mol. The fourth-order valence-corrected chi connectivity index (χ4v) is 3.24. The van der Waals surface area contributed by atoms with Gasteiger partial charge < -0.3 is 15.4 Å². The van der Waals surface area contributed by atoms with Crippen molar-refractivity contribution in [2.45, 2.75) is 52.1 Å². The smallest absolute Gasteiger partial charge is 0.218 e. The molecule has 0 atom stereocenters. The van der Waals surface area contributed by atoms with Gasteiger partial charge in [0.1, 0.15) is 0 Å². The molecule has 2 N–H and O–H groups in total. The SMILES string of the molecule is CN=C(NCc1cccnc1OC)NC1CCC(C(C)C)CC1.I. The molecule has 1 saturated carbocycles. The minimum Gasteiger partial charge on any atom is -0.481 e. The Morgan fingerprint density at radius 2 is 2.04 bits per heavy atom. The van der Waals surface area contributed by atoms with E-state index in [0.29, 0.717) is 18.5 Å². The van der Waals surface area contributed by atoms with Crippen LogP contribution >= 0.6 is 24.0 Å². The molecule has 1 aliphatic rings. The Hall–Kier alpha value is -1.05. The first-order valence-electron chi connectivity index (χ1n) is 8.59. The van der Waals surface area contributed by atoms with Crippen molar-refractivity contribution in [3.05, 3.63) is 23.9 Å². The van der Waals surface area contributed by atoms with Crippen LogP contribution in [0.5, 0.6) is 5.88 Å². The first-order chi connectivity index (χ1) is 11.1. The van der Waals surface area contributed by atoms with Crippen LogP contribution in [0, 0.1) is 11.8 Å². The standard InChI is InChI=1S/C18H30N4O.HI/c1-13(2)14-7-9-16(10-8-14)22-18(19-3)21-12-15-6-5-11-20-17(15)23-4;/h5-6,11,13-14,16H,7-10,12H2,1-4H3,(H2,19,21,22);1H. The number of halogens is 1. The van der Waals surface area contributed by atoms with Crippen LogP contribution in [0.4, 0.5) is 0 Å². The minimum absolute atomic E-state index is 0. The van der Waals surface area contributed by atoms with Gasteiger partial charge in [-0.25, -0.2) is 4.98 Å². The summed E-state index contributed by atoms with van der Waals surface area (Å²) in [6, 6.07) is 4.45. The minimum atomic E-state index is 0. The predicted octanol–water partition coefficient (Wildman–Crippen LogP) is 3.59. The van der Waals surface area contributed by atoms with Crippen molar-refractivity contribution in [3.8, 4) is 5.88 Å². The molecule has 0 aromatic carbocycles. The second-order valence-corrected chi connectivity index (χ2v) is 6.60. The Morgan fingerprint density at radius 1 is 1.33 bits per heavy atom. The molecule has 136 valence electrons. The van der Waals surface area contributed by atoms with Gasteiger partial charge in [0.2, 0.25) is 5.88 Å².